The number of halogens is 1. The highest BCUT2D eigenvalue weighted by atomic mass is 79.9. The third-order valence-electron chi connectivity index (χ3n) is 0.893. The summed E-state index contributed by atoms with van der Waals surface area (Å²) in [6, 6.07) is 2.12. The van der Waals surface area contributed by atoms with Crippen molar-refractivity contribution in [2.45, 2.75) is 18.7 Å². The number of hydrogen-bond donors (Lipinski definition) is 0. The monoisotopic (exact) mass is 161 g/mol. The molecule has 2 atom stereocenters. The maximum atomic E-state index is 8.23. The minimum Gasteiger partial charge on any atom is -0.198 e. The van der Waals surface area contributed by atoms with Gasteiger partial charge in [-0.15, -0.1) is 0 Å². The molecule has 7 heavy (non-hydrogen) atoms. The van der Waals surface area contributed by atoms with Crippen LogP contribution < -0.4 is 0 Å². The molecule has 1 unspecified atom stereocenters. The third kappa shape index (κ3) is 2.64. The Morgan fingerprint density at radius 1 is 1.57 bits per heavy atom. The van der Waals surface area contributed by atoms with Crippen LogP contribution in [0.5, 0.6) is 0 Å². The summed E-state index contributed by atoms with van der Waals surface area (Å²) in [6.45, 7) is 3.85. The number of nitrogens with zero attached hydrogens (tertiary/aromatic N) is 1. The van der Waals surface area contributed by atoms with Crippen molar-refractivity contribution in [2.24, 2.45) is 5.92 Å². The first kappa shape index (κ1) is 6.97. The topological polar surface area (TPSA) is 23.8 Å². The average Bonchev–Trinajstić information content (AvgIpc) is 1.65. The van der Waals surface area contributed by atoms with Crippen LogP contribution >= 0.6 is 15.9 Å². The van der Waals surface area contributed by atoms with E-state index in [4.69, 9.17) is 5.26 Å². The van der Waals surface area contributed by atoms with Crippen molar-refractivity contribution in [1.82, 2.24) is 0 Å². The van der Waals surface area contributed by atoms with Gasteiger partial charge < -0.3 is 0 Å². The van der Waals surface area contributed by atoms with Crippen molar-refractivity contribution in [3.8, 4) is 6.07 Å². The van der Waals surface area contributed by atoms with Crippen LogP contribution in [0.25, 0.3) is 0 Å². The number of nitriles is 1. The second-order valence-electron chi connectivity index (χ2n) is 1.60. The van der Waals surface area contributed by atoms with E-state index >= 15 is 0 Å². The largest absolute Gasteiger partial charge is 0.198 e. The Morgan fingerprint density at radius 2 is 2.00 bits per heavy atom. The summed E-state index contributed by atoms with van der Waals surface area (Å²) in [7, 11) is 0. The molecule has 0 spiro atoms. The van der Waals surface area contributed by atoms with Gasteiger partial charge in [-0.2, -0.15) is 5.26 Å². The molecule has 0 amide bonds. The fourth-order valence-corrected chi connectivity index (χ4v) is 0.221. The van der Waals surface area contributed by atoms with Crippen molar-refractivity contribution in [3.05, 3.63) is 0 Å². The van der Waals surface area contributed by atoms with Gasteiger partial charge in [-0.3, -0.25) is 0 Å². The zero-order chi connectivity index (χ0) is 5.86. The van der Waals surface area contributed by atoms with Crippen LogP contribution in [-0.2, 0) is 0 Å². The summed E-state index contributed by atoms with van der Waals surface area (Å²) in [5, 5.41) is 8.23. The van der Waals surface area contributed by atoms with E-state index in [-0.39, 0.29) is 5.92 Å². The Hall–Kier alpha value is -0.0300. The van der Waals surface area contributed by atoms with Crippen LogP contribution in [0, 0.1) is 17.2 Å². The lowest BCUT2D eigenvalue weighted by molar-refractivity contribution is 0.742. The molecule has 0 aromatic heterocycles. The van der Waals surface area contributed by atoms with Crippen LogP contribution in [-0.4, -0.2) is 4.83 Å². The van der Waals surface area contributed by atoms with Gasteiger partial charge in [-0.25, -0.2) is 0 Å². The molecular weight excluding hydrogens is 154 g/mol. The zero-order valence-corrected chi connectivity index (χ0v) is 6.07. The van der Waals surface area contributed by atoms with Crippen molar-refractivity contribution >= 4 is 15.9 Å². The SMILES string of the molecule is CC(Br)[C@H](C)C#N. The second kappa shape index (κ2) is 3.04. The molecule has 0 saturated carbocycles. The van der Waals surface area contributed by atoms with E-state index in [0.29, 0.717) is 4.83 Å². The van der Waals surface area contributed by atoms with E-state index < -0.39 is 0 Å². The molecule has 0 rings (SSSR count). The molecule has 2 heteroatoms. The Balaban J connectivity index is 3.40. The second-order valence-corrected chi connectivity index (χ2v) is 3.04. The summed E-state index contributed by atoms with van der Waals surface area (Å²) < 4.78 is 0. The molecule has 1 nitrogen and oxygen atoms in total. The van der Waals surface area contributed by atoms with E-state index in [2.05, 4.69) is 22.0 Å². The minimum absolute atomic E-state index is 0.125. The summed E-state index contributed by atoms with van der Waals surface area (Å²) in [5.41, 5.74) is 0. The van der Waals surface area contributed by atoms with Crippen LogP contribution in [0.3, 0.4) is 0 Å². The lowest BCUT2D eigenvalue weighted by Gasteiger charge is -2.00. The van der Waals surface area contributed by atoms with E-state index in [1.165, 1.54) is 0 Å². The molecule has 0 aromatic rings. The van der Waals surface area contributed by atoms with Crippen LogP contribution in [0.15, 0.2) is 0 Å². The standard InChI is InChI=1S/C5H8BrN/c1-4(3-7)5(2)6/h4-5H,1-2H3/t4-,5?/m1/s1. The predicted molar refractivity (Wildman–Crippen MR) is 33.2 cm³/mol. The highest BCUT2D eigenvalue weighted by Crippen LogP contribution is 2.08. The smallest absolute Gasteiger partial charge is 0.0664 e. The van der Waals surface area contributed by atoms with E-state index in [0.717, 1.165) is 0 Å². The Kier molecular flexibility index (Phi) is 3.02. The molecule has 0 aliphatic heterocycles. The molecular formula is C5H8BrN. The molecule has 40 valence electrons. The van der Waals surface area contributed by atoms with Crippen LogP contribution in [0.4, 0.5) is 0 Å². The average molecular weight is 162 g/mol. The van der Waals surface area contributed by atoms with Crippen molar-refractivity contribution in [3.63, 3.8) is 0 Å². The number of hydrogen-bond acceptors (Lipinski definition) is 1. The zero-order valence-electron chi connectivity index (χ0n) is 4.48. The van der Waals surface area contributed by atoms with Crippen molar-refractivity contribution < 1.29 is 0 Å². The lowest BCUT2D eigenvalue weighted by Crippen LogP contribution is -2.01. The highest BCUT2D eigenvalue weighted by molar-refractivity contribution is 9.09. The third-order valence-corrected chi connectivity index (χ3v) is 1.69. The summed E-state index contributed by atoms with van der Waals surface area (Å²) in [4.78, 5) is 0.317. The maximum absolute atomic E-state index is 8.23. The Bertz CT molecular complexity index is 82.6. The molecule has 0 fully saturated rings. The molecule has 0 aromatic carbocycles. The van der Waals surface area contributed by atoms with Gasteiger partial charge in [-0.05, 0) is 6.92 Å². The van der Waals surface area contributed by atoms with Gasteiger partial charge in [0.15, 0.2) is 0 Å². The quantitative estimate of drug-likeness (QED) is 0.540. The van der Waals surface area contributed by atoms with Gasteiger partial charge in [-0.1, -0.05) is 22.9 Å². The normalized spacial score (nSPS) is 17.4. The van der Waals surface area contributed by atoms with Gasteiger partial charge in [0.25, 0.3) is 0 Å². The molecule has 0 bridgehead atoms. The van der Waals surface area contributed by atoms with E-state index in [9.17, 15) is 0 Å². The number of rotatable bonds is 1. The molecule has 0 N–H and O–H groups in total. The van der Waals surface area contributed by atoms with Gasteiger partial charge in [0.2, 0.25) is 0 Å². The predicted octanol–water partition coefficient (Wildman–Crippen LogP) is 1.93. The first-order valence-corrected chi connectivity index (χ1v) is 3.13. The van der Waals surface area contributed by atoms with Crippen molar-refractivity contribution in [2.75, 3.05) is 0 Å². The van der Waals surface area contributed by atoms with Crippen LogP contribution in [0.2, 0.25) is 0 Å². The first-order chi connectivity index (χ1) is 3.18. The van der Waals surface area contributed by atoms with Crippen LogP contribution in [0.1, 0.15) is 13.8 Å². The Labute approximate surface area is 52.5 Å². The molecule has 0 saturated heterocycles. The lowest BCUT2D eigenvalue weighted by atomic mass is 10.1. The molecule has 0 aliphatic rings. The van der Waals surface area contributed by atoms with Gasteiger partial charge in [0.05, 0.1) is 12.0 Å². The van der Waals surface area contributed by atoms with Gasteiger partial charge in [0, 0.05) is 4.83 Å². The van der Waals surface area contributed by atoms with Crippen molar-refractivity contribution in [1.29, 1.82) is 5.26 Å². The molecule has 0 radical (unpaired) electrons. The molecule has 0 heterocycles. The highest BCUT2D eigenvalue weighted by Gasteiger charge is 2.04. The Morgan fingerprint density at radius 3 is 2.00 bits per heavy atom. The maximum Gasteiger partial charge on any atom is 0.0664 e. The van der Waals surface area contributed by atoms with Gasteiger partial charge >= 0.3 is 0 Å². The van der Waals surface area contributed by atoms with E-state index in [1.54, 1.807) is 0 Å². The minimum atomic E-state index is 0.125. The fourth-order valence-electron chi connectivity index (χ4n) is 0.103. The summed E-state index contributed by atoms with van der Waals surface area (Å²) in [5.74, 6) is 0.125. The summed E-state index contributed by atoms with van der Waals surface area (Å²) >= 11 is 3.28. The summed E-state index contributed by atoms with van der Waals surface area (Å²) in [6.07, 6.45) is 0. The molecule has 0 aliphatic carbocycles. The van der Waals surface area contributed by atoms with E-state index in [1.807, 2.05) is 13.8 Å². The fraction of sp³-hybridized carbons (Fsp3) is 0.800. The van der Waals surface area contributed by atoms with Gasteiger partial charge in [0.1, 0.15) is 0 Å². The number of alkyl halides is 1. The first-order valence-electron chi connectivity index (χ1n) is 2.22.